The Morgan fingerprint density at radius 1 is 1.00 bits per heavy atom. The zero-order valence-electron chi connectivity index (χ0n) is 21.9. The molecule has 1 aromatic heterocycles. The van der Waals surface area contributed by atoms with Crippen molar-refractivity contribution in [3.63, 3.8) is 0 Å². The van der Waals surface area contributed by atoms with Gasteiger partial charge in [-0.3, -0.25) is 9.69 Å². The molecule has 0 aliphatic carbocycles. The number of nitrogens with zero attached hydrogens (tertiary/aromatic N) is 4. The highest BCUT2D eigenvalue weighted by molar-refractivity contribution is 5.96. The Kier molecular flexibility index (Phi) is 10.4. The first kappa shape index (κ1) is 28.0. The van der Waals surface area contributed by atoms with Gasteiger partial charge in [0.1, 0.15) is 18.2 Å². The molecule has 3 heterocycles. The minimum Gasteiger partial charge on any atom is -0.447 e. The molecule has 192 valence electrons. The molecule has 9 heteroatoms. The quantitative estimate of drug-likeness (QED) is 0.639. The summed E-state index contributed by atoms with van der Waals surface area (Å²) in [5.74, 6) is -0.0306. The predicted molar refractivity (Wildman–Crippen MR) is 136 cm³/mol. The van der Waals surface area contributed by atoms with Gasteiger partial charge in [-0.15, -0.1) is 0 Å². The third-order valence-electron chi connectivity index (χ3n) is 5.75. The Hall–Kier alpha value is -3.20. The molecule has 8 nitrogen and oxygen atoms in total. The van der Waals surface area contributed by atoms with Crippen molar-refractivity contribution in [2.45, 2.75) is 34.6 Å². The van der Waals surface area contributed by atoms with Gasteiger partial charge in [-0.25, -0.2) is 14.2 Å². The summed E-state index contributed by atoms with van der Waals surface area (Å²) in [5.41, 5.74) is 3.68. The average Bonchev–Trinajstić information content (AvgIpc) is 3.29. The Morgan fingerprint density at radius 2 is 1.63 bits per heavy atom. The lowest BCUT2D eigenvalue weighted by Crippen LogP contribution is -2.49. The van der Waals surface area contributed by atoms with Crippen LogP contribution >= 0.6 is 0 Å². The van der Waals surface area contributed by atoms with Crippen molar-refractivity contribution in [2.75, 3.05) is 63.4 Å². The van der Waals surface area contributed by atoms with E-state index in [-0.39, 0.29) is 18.1 Å². The number of carbonyl (C=O) groups excluding carboxylic acids is 2. The second kappa shape index (κ2) is 13.0. The topological polar surface area (TPSA) is 75.2 Å². The molecule has 35 heavy (non-hydrogen) atoms. The second-order valence-corrected chi connectivity index (χ2v) is 8.15. The molecule has 1 aromatic carbocycles. The number of anilines is 2. The normalized spacial score (nSPS) is 15.1. The molecule has 0 N–H and O–H groups in total. The van der Waals surface area contributed by atoms with E-state index in [2.05, 4.69) is 15.7 Å². The molecule has 0 radical (unpaired) electrons. The van der Waals surface area contributed by atoms with Gasteiger partial charge in [-0.05, 0) is 50.1 Å². The minimum atomic E-state index is -0.633. The highest BCUT2D eigenvalue weighted by Gasteiger charge is 2.28. The van der Waals surface area contributed by atoms with E-state index < -0.39 is 11.9 Å². The standard InChI is InChI=1S/C22H25FN4O3.C2H6O.C2H6/c1-14-12-15(2)20(24-16(14)3)25-6-8-26(9-7-25)21(28)18-5-4-17(13-19(18)23)27-10-11-30-22(27)29;1-3-2;1-2/h4-5,12-13H,6-11H2,1-3H3;1-2H3;1-2H3. The van der Waals surface area contributed by atoms with E-state index >= 15 is 0 Å². The van der Waals surface area contributed by atoms with Gasteiger partial charge in [0.25, 0.3) is 5.91 Å². The Bertz CT molecular complexity index is 1020. The molecule has 0 unspecified atom stereocenters. The van der Waals surface area contributed by atoms with Crippen LogP contribution in [0.15, 0.2) is 24.3 Å². The molecule has 2 fully saturated rings. The minimum absolute atomic E-state index is 0.0141. The van der Waals surface area contributed by atoms with Crippen molar-refractivity contribution < 1.29 is 23.5 Å². The highest BCUT2D eigenvalue weighted by atomic mass is 19.1. The van der Waals surface area contributed by atoms with Crippen molar-refractivity contribution in [1.82, 2.24) is 9.88 Å². The van der Waals surface area contributed by atoms with Crippen LogP contribution in [0.4, 0.5) is 20.7 Å². The Morgan fingerprint density at radius 3 is 2.17 bits per heavy atom. The van der Waals surface area contributed by atoms with Gasteiger partial charge in [0.2, 0.25) is 0 Å². The maximum absolute atomic E-state index is 14.7. The molecule has 2 aliphatic rings. The molecule has 2 aliphatic heterocycles. The molecule has 2 amide bonds. The van der Waals surface area contributed by atoms with Crippen LogP contribution in [-0.4, -0.2) is 75.4 Å². The summed E-state index contributed by atoms with van der Waals surface area (Å²) in [5, 5.41) is 0. The van der Waals surface area contributed by atoms with Crippen LogP contribution in [0.3, 0.4) is 0 Å². The van der Waals surface area contributed by atoms with Crippen molar-refractivity contribution in [2.24, 2.45) is 0 Å². The van der Waals surface area contributed by atoms with E-state index in [4.69, 9.17) is 9.72 Å². The number of amides is 2. The first-order chi connectivity index (χ1) is 16.8. The number of hydrogen-bond donors (Lipinski definition) is 0. The number of hydrogen-bond acceptors (Lipinski definition) is 6. The maximum atomic E-state index is 14.7. The fraction of sp³-hybridized carbons (Fsp3) is 0.500. The summed E-state index contributed by atoms with van der Waals surface area (Å²) >= 11 is 0. The van der Waals surface area contributed by atoms with E-state index in [0.29, 0.717) is 38.4 Å². The van der Waals surface area contributed by atoms with Crippen molar-refractivity contribution >= 4 is 23.5 Å². The van der Waals surface area contributed by atoms with Crippen molar-refractivity contribution in [1.29, 1.82) is 0 Å². The molecule has 2 aromatic rings. The monoisotopic (exact) mass is 488 g/mol. The lowest BCUT2D eigenvalue weighted by atomic mass is 10.1. The third-order valence-corrected chi connectivity index (χ3v) is 5.75. The Balaban J connectivity index is 0.000000803. The molecule has 0 atom stereocenters. The molecule has 0 spiro atoms. The number of ether oxygens (including phenoxy) is 2. The number of pyridine rings is 1. The molecule has 0 bridgehead atoms. The van der Waals surface area contributed by atoms with Crippen LogP contribution in [0.5, 0.6) is 0 Å². The number of carbonyl (C=O) groups is 2. The smallest absolute Gasteiger partial charge is 0.414 e. The largest absolute Gasteiger partial charge is 0.447 e. The van der Waals surface area contributed by atoms with Crippen molar-refractivity contribution in [3.05, 3.63) is 52.5 Å². The van der Waals surface area contributed by atoms with E-state index in [0.717, 1.165) is 22.6 Å². The van der Waals surface area contributed by atoms with E-state index in [1.165, 1.54) is 17.0 Å². The van der Waals surface area contributed by atoms with E-state index in [1.54, 1.807) is 25.2 Å². The summed E-state index contributed by atoms with van der Waals surface area (Å²) in [6.45, 7) is 13.0. The molecule has 0 saturated carbocycles. The summed E-state index contributed by atoms with van der Waals surface area (Å²) in [4.78, 5) is 34.4. The van der Waals surface area contributed by atoms with E-state index in [1.807, 2.05) is 34.6 Å². The predicted octanol–water partition coefficient (Wildman–Crippen LogP) is 4.35. The number of methoxy groups -OCH3 is 1. The van der Waals surface area contributed by atoms with Gasteiger partial charge in [0, 0.05) is 46.1 Å². The number of benzene rings is 1. The second-order valence-electron chi connectivity index (χ2n) is 8.15. The fourth-order valence-electron chi connectivity index (χ4n) is 3.91. The number of rotatable bonds is 3. The van der Waals surface area contributed by atoms with E-state index in [9.17, 15) is 14.0 Å². The van der Waals surface area contributed by atoms with Gasteiger partial charge >= 0.3 is 6.09 Å². The SMILES string of the molecule is CC.COC.Cc1cc(C)c(N2CCN(C(=O)c3ccc(N4CCOC4=O)cc3F)CC2)nc1C. The molecule has 4 rings (SSSR count). The number of aromatic nitrogens is 1. The summed E-state index contributed by atoms with van der Waals surface area (Å²) in [6, 6.07) is 6.38. The first-order valence-corrected chi connectivity index (χ1v) is 11.9. The zero-order valence-corrected chi connectivity index (χ0v) is 21.9. The highest BCUT2D eigenvalue weighted by Crippen LogP contribution is 2.25. The average molecular weight is 489 g/mol. The van der Waals surface area contributed by atoms with Gasteiger partial charge in [-0.1, -0.05) is 19.9 Å². The van der Waals surface area contributed by atoms with Crippen LogP contribution in [0.25, 0.3) is 0 Å². The van der Waals surface area contributed by atoms with Gasteiger partial charge in [0.05, 0.1) is 17.8 Å². The number of piperazine rings is 1. The van der Waals surface area contributed by atoms with Gasteiger partial charge in [0.15, 0.2) is 0 Å². The van der Waals surface area contributed by atoms with Crippen LogP contribution in [0, 0.1) is 26.6 Å². The molecular formula is C26H37FN4O4. The van der Waals surface area contributed by atoms with Gasteiger partial charge in [-0.2, -0.15) is 0 Å². The van der Waals surface area contributed by atoms with Gasteiger partial charge < -0.3 is 19.3 Å². The maximum Gasteiger partial charge on any atom is 0.414 e. The Labute approximate surface area is 207 Å². The van der Waals surface area contributed by atoms with Crippen LogP contribution in [-0.2, 0) is 9.47 Å². The van der Waals surface area contributed by atoms with Crippen molar-refractivity contribution in [3.8, 4) is 0 Å². The summed E-state index contributed by atoms with van der Waals surface area (Å²) in [7, 11) is 3.25. The van der Waals surface area contributed by atoms with Crippen LogP contribution < -0.4 is 9.80 Å². The molecular weight excluding hydrogens is 451 g/mol. The number of halogens is 1. The lowest BCUT2D eigenvalue weighted by Gasteiger charge is -2.36. The lowest BCUT2D eigenvalue weighted by molar-refractivity contribution is 0.0742. The fourth-order valence-corrected chi connectivity index (χ4v) is 3.91. The molecule has 2 saturated heterocycles. The number of cyclic esters (lactones) is 1. The first-order valence-electron chi connectivity index (χ1n) is 11.9. The third kappa shape index (κ3) is 6.69. The van der Waals surface area contributed by atoms with Crippen LogP contribution in [0.2, 0.25) is 0 Å². The van der Waals surface area contributed by atoms with Crippen LogP contribution in [0.1, 0.15) is 41.0 Å². The number of aryl methyl sites for hydroxylation is 3. The zero-order chi connectivity index (χ0) is 26.1. The summed E-state index contributed by atoms with van der Waals surface area (Å²) in [6.07, 6.45) is -0.500. The summed E-state index contributed by atoms with van der Waals surface area (Å²) < 4.78 is 23.8.